The van der Waals surface area contributed by atoms with Crippen LogP contribution in [0.2, 0.25) is 0 Å². The summed E-state index contributed by atoms with van der Waals surface area (Å²) in [5.41, 5.74) is 2.70. The van der Waals surface area contributed by atoms with E-state index in [1.54, 1.807) is 0 Å². The smallest absolute Gasteiger partial charge is 1.00 e. The van der Waals surface area contributed by atoms with Crippen molar-refractivity contribution in [1.29, 1.82) is 0 Å². The Morgan fingerprint density at radius 3 is 1.14 bits per heavy atom. The van der Waals surface area contributed by atoms with E-state index in [1.165, 1.54) is 114 Å². The average Bonchev–Trinajstić information content (AvgIpc) is 2.84. The first-order valence-corrected chi connectivity index (χ1v) is 14.2. The summed E-state index contributed by atoms with van der Waals surface area (Å²) in [5.74, 6) is 2.09. The molecule has 2 aromatic carbocycles. The summed E-state index contributed by atoms with van der Waals surface area (Å²) < 4.78 is 6.49. The van der Waals surface area contributed by atoms with Crippen molar-refractivity contribution in [1.82, 2.24) is 0 Å². The van der Waals surface area contributed by atoms with Crippen LogP contribution in [0.5, 0.6) is 11.5 Å². The molecule has 188 valence electrons. The van der Waals surface area contributed by atoms with Gasteiger partial charge in [0.05, 0.1) is 0 Å². The summed E-state index contributed by atoms with van der Waals surface area (Å²) in [6, 6.07) is 17.3. The van der Waals surface area contributed by atoms with Crippen LogP contribution in [0.25, 0.3) is 0 Å². The zero-order valence-electron chi connectivity index (χ0n) is 25.8. The zero-order chi connectivity index (χ0) is 23.4. The Balaban J connectivity index is -0.00000289. The van der Waals surface area contributed by atoms with Gasteiger partial charge < -0.3 is 7.59 Å². The molecule has 35 heavy (non-hydrogen) atoms. The molecule has 0 N–H and O–H groups in total. The SMILES string of the molecule is CCCCCCCCCCc1ccccc1Oc1ccccc1CCCCCCCCCC.[H-].[H-].[Na+].[Na+]. The first kappa shape index (κ1) is 35.2. The third-order valence-corrected chi connectivity index (χ3v) is 6.76. The van der Waals surface area contributed by atoms with Crippen molar-refractivity contribution in [3.8, 4) is 11.5 Å². The molecule has 0 heterocycles. The molecule has 2 aromatic rings. The fourth-order valence-electron chi connectivity index (χ4n) is 4.64. The summed E-state index contributed by atoms with van der Waals surface area (Å²) in [7, 11) is 0. The number of ether oxygens (including phenoxy) is 1. The molecule has 0 aromatic heterocycles. The summed E-state index contributed by atoms with van der Waals surface area (Å²) in [4.78, 5) is 0. The molecular formula is C32H52Na2O. The monoisotopic (exact) mass is 498 g/mol. The molecule has 0 saturated heterocycles. The Morgan fingerprint density at radius 1 is 0.457 bits per heavy atom. The van der Waals surface area contributed by atoms with Gasteiger partial charge in [-0.15, -0.1) is 0 Å². The quantitative estimate of drug-likeness (QED) is 0.183. The van der Waals surface area contributed by atoms with Gasteiger partial charge in [0.25, 0.3) is 0 Å². The molecule has 0 atom stereocenters. The van der Waals surface area contributed by atoms with Crippen LogP contribution in [0, 0.1) is 0 Å². The number of hydrogen-bond acceptors (Lipinski definition) is 1. The fraction of sp³-hybridized carbons (Fsp3) is 0.625. The van der Waals surface area contributed by atoms with Crippen LogP contribution in [0.15, 0.2) is 48.5 Å². The summed E-state index contributed by atoms with van der Waals surface area (Å²) in [6.45, 7) is 4.57. The molecule has 2 rings (SSSR count). The van der Waals surface area contributed by atoms with Crippen LogP contribution >= 0.6 is 0 Å². The normalized spacial score (nSPS) is 10.5. The molecule has 0 aliphatic rings. The van der Waals surface area contributed by atoms with Gasteiger partial charge in [-0.1, -0.05) is 140 Å². The van der Waals surface area contributed by atoms with Crippen LogP contribution in [-0.4, -0.2) is 0 Å². The third-order valence-electron chi connectivity index (χ3n) is 6.76. The molecule has 0 amide bonds. The van der Waals surface area contributed by atoms with Crippen molar-refractivity contribution in [2.24, 2.45) is 0 Å². The minimum Gasteiger partial charge on any atom is -1.00 e. The van der Waals surface area contributed by atoms with Gasteiger partial charge in [0.15, 0.2) is 0 Å². The minimum atomic E-state index is 0. The number of para-hydroxylation sites is 2. The van der Waals surface area contributed by atoms with Gasteiger partial charge in [0.2, 0.25) is 0 Å². The van der Waals surface area contributed by atoms with Gasteiger partial charge in [-0.25, -0.2) is 0 Å². The number of rotatable bonds is 20. The molecule has 0 fully saturated rings. The van der Waals surface area contributed by atoms with E-state index in [9.17, 15) is 0 Å². The minimum absolute atomic E-state index is 0. The number of aryl methyl sites for hydroxylation is 2. The van der Waals surface area contributed by atoms with Gasteiger partial charge in [-0.3, -0.25) is 0 Å². The second-order valence-electron chi connectivity index (χ2n) is 9.77. The molecular weight excluding hydrogens is 446 g/mol. The van der Waals surface area contributed by atoms with Crippen molar-refractivity contribution < 1.29 is 66.7 Å². The Kier molecular flexibility index (Phi) is 24.7. The Labute approximate surface area is 265 Å². The predicted molar refractivity (Wildman–Crippen MR) is 148 cm³/mol. The van der Waals surface area contributed by atoms with Crippen LogP contribution in [-0.2, 0) is 12.8 Å². The molecule has 0 aliphatic heterocycles. The molecule has 0 radical (unpaired) electrons. The van der Waals surface area contributed by atoms with Gasteiger partial charge in [-0.05, 0) is 48.9 Å². The number of benzene rings is 2. The Hall–Kier alpha value is 0.240. The maximum atomic E-state index is 6.49. The summed E-state index contributed by atoms with van der Waals surface area (Å²) >= 11 is 0. The second-order valence-corrected chi connectivity index (χ2v) is 9.77. The second kappa shape index (κ2) is 24.6. The number of unbranched alkanes of at least 4 members (excludes halogenated alkanes) is 14. The van der Waals surface area contributed by atoms with Crippen molar-refractivity contribution in [2.45, 2.75) is 129 Å². The standard InChI is InChI=1S/C32H50O.2Na.2H/c1-3-5-7-9-11-13-15-17-23-29-25-19-21-27-31(29)33-32-28-22-20-26-30(32)24-18-16-14-12-10-8-6-4-2;;;;/h19-22,25-28H,3-18,23-24H2,1-2H3;;;;/q;2*+1;2*-1. The van der Waals surface area contributed by atoms with E-state index in [2.05, 4.69) is 62.4 Å². The molecule has 0 saturated carbocycles. The van der Waals surface area contributed by atoms with Gasteiger partial charge in [0, 0.05) is 0 Å². The maximum Gasteiger partial charge on any atom is 1.00 e. The van der Waals surface area contributed by atoms with Crippen LogP contribution in [0.1, 0.15) is 131 Å². The topological polar surface area (TPSA) is 9.23 Å². The van der Waals surface area contributed by atoms with E-state index in [1.807, 2.05) is 0 Å². The molecule has 1 nitrogen and oxygen atoms in total. The number of hydrogen-bond donors (Lipinski definition) is 0. The van der Waals surface area contributed by atoms with Crippen molar-refractivity contribution >= 4 is 0 Å². The molecule has 0 aliphatic carbocycles. The largest absolute Gasteiger partial charge is 1.00 e. The van der Waals surface area contributed by atoms with Crippen molar-refractivity contribution in [3.05, 3.63) is 59.7 Å². The molecule has 0 bridgehead atoms. The van der Waals surface area contributed by atoms with Crippen LogP contribution in [0.3, 0.4) is 0 Å². The Morgan fingerprint density at radius 2 is 0.771 bits per heavy atom. The summed E-state index contributed by atoms with van der Waals surface area (Å²) in [5, 5.41) is 0. The van der Waals surface area contributed by atoms with Crippen molar-refractivity contribution in [2.75, 3.05) is 0 Å². The third kappa shape index (κ3) is 16.6. The van der Waals surface area contributed by atoms with Gasteiger partial charge in [0.1, 0.15) is 11.5 Å². The Bertz CT molecular complexity index is 681. The van der Waals surface area contributed by atoms with E-state index in [0.717, 1.165) is 24.3 Å². The molecule has 3 heteroatoms. The zero-order valence-corrected chi connectivity index (χ0v) is 27.8. The van der Waals surface area contributed by atoms with E-state index in [-0.39, 0.29) is 62.0 Å². The fourth-order valence-corrected chi connectivity index (χ4v) is 4.64. The van der Waals surface area contributed by atoms with Gasteiger partial charge in [-0.2, -0.15) is 0 Å². The average molecular weight is 499 g/mol. The maximum absolute atomic E-state index is 6.49. The van der Waals surface area contributed by atoms with Crippen LogP contribution < -0.4 is 63.9 Å². The van der Waals surface area contributed by atoms with E-state index < -0.39 is 0 Å². The van der Waals surface area contributed by atoms with E-state index in [0.29, 0.717) is 0 Å². The molecule has 0 unspecified atom stereocenters. The first-order valence-electron chi connectivity index (χ1n) is 14.2. The summed E-state index contributed by atoms with van der Waals surface area (Å²) in [6.07, 6.45) is 24.0. The van der Waals surface area contributed by atoms with E-state index >= 15 is 0 Å². The van der Waals surface area contributed by atoms with Crippen LogP contribution in [0.4, 0.5) is 0 Å². The first-order chi connectivity index (χ1) is 16.3. The molecule has 0 spiro atoms. The predicted octanol–water partition coefficient (Wildman–Crippen LogP) is 5.08. The van der Waals surface area contributed by atoms with Crippen molar-refractivity contribution in [3.63, 3.8) is 0 Å². The van der Waals surface area contributed by atoms with Gasteiger partial charge >= 0.3 is 59.1 Å². The van der Waals surface area contributed by atoms with E-state index in [4.69, 9.17) is 4.74 Å².